The minimum absolute atomic E-state index is 0.0682. The molecule has 1 spiro atoms. The molecular formula is C20H28N4O3. The van der Waals surface area contributed by atoms with Crippen molar-refractivity contribution in [3.05, 3.63) is 29.6 Å². The maximum absolute atomic E-state index is 12.8. The Kier molecular flexibility index (Phi) is 3.59. The van der Waals surface area contributed by atoms with Crippen LogP contribution in [0, 0.1) is 11.3 Å². The summed E-state index contributed by atoms with van der Waals surface area (Å²) >= 11 is 0. The van der Waals surface area contributed by atoms with Crippen molar-refractivity contribution in [1.82, 2.24) is 20.1 Å². The van der Waals surface area contributed by atoms with Gasteiger partial charge in [-0.1, -0.05) is 0 Å². The Labute approximate surface area is 165 Å². The van der Waals surface area contributed by atoms with Crippen molar-refractivity contribution in [2.24, 2.45) is 11.3 Å². The van der Waals surface area contributed by atoms with Crippen molar-refractivity contribution >= 4 is 12.1 Å². The molecular weight excluding hydrogens is 344 g/mol. The topological polar surface area (TPSA) is 74.8 Å². The highest BCUT2D eigenvalue weighted by Gasteiger charge is 2.55. The van der Waals surface area contributed by atoms with Crippen LogP contribution in [0.2, 0.25) is 0 Å². The minimum atomic E-state index is -2.29. The maximum atomic E-state index is 12.8. The first-order valence-electron chi connectivity index (χ1n) is 11.5. The Hall–Kier alpha value is -2.31. The molecule has 1 unspecified atom stereocenters. The molecule has 7 nitrogen and oxygen atoms in total. The van der Waals surface area contributed by atoms with Gasteiger partial charge in [0, 0.05) is 45.0 Å². The highest BCUT2D eigenvalue weighted by Crippen LogP contribution is 2.59. The van der Waals surface area contributed by atoms with Crippen molar-refractivity contribution in [2.75, 3.05) is 19.6 Å². The molecule has 2 fully saturated rings. The van der Waals surface area contributed by atoms with Crippen LogP contribution in [0.5, 0.6) is 0 Å². The number of carbonyl (C=O) groups is 2. The molecule has 1 saturated heterocycles. The summed E-state index contributed by atoms with van der Waals surface area (Å²) in [5.41, 5.74) is 0.266. The number of fused-ring (bicyclic) bond motifs is 1. The number of piperidine rings is 1. The van der Waals surface area contributed by atoms with Gasteiger partial charge in [-0.15, -0.1) is 0 Å². The largest absolute Gasteiger partial charge is 0.447 e. The number of nitrogens with one attached hydrogen (secondary N) is 1. The van der Waals surface area contributed by atoms with E-state index in [0.29, 0.717) is 24.5 Å². The molecule has 0 radical (unpaired) electrons. The predicted molar refractivity (Wildman–Crippen MR) is 99.8 cm³/mol. The highest BCUT2D eigenvalue weighted by atomic mass is 16.6. The molecule has 0 bridgehead atoms. The lowest BCUT2D eigenvalue weighted by Gasteiger charge is -2.32. The van der Waals surface area contributed by atoms with Crippen LogP contribution < -0.4 is 5.32 Å². The number of likely N-dealkylation sites (tertiary alicyclic amines) is 1. The second-order valence-electron chi connectivity index (χ2n) is 7.85. The third-order valence-corrected chi connectivity index (χ3v) is 5.70. The molecule has 2 aliphatic heterocycles. The summed E-state index contributed by atoms with van der Waals surface area (Å²) < 4.78 is 38.5. The van der Waals surface area contributed by atoms with Gasteiger partial charge < -0.3 is 19.9 Å². The fourth-order valence-electron chi connectivity index (χ4n) is 3.98. The lowest BCUT2D eigenvalue weighted by Crippen LogP contribution is -2.42. The van der Waals surface area contributed by atoms with Crippen molar-refractivity contribution in [2.45, 2.75) is 52.2 Å². The number of hydrogen-bond donors (Lipinski definition) is 1. The van der Waals surface area contributed by atoms with Crippen molar-refractivity contribution < 1.29 is 19.8 Å². The standard InChI is InChI=1S/C20H28N4O3/c1-14(2)27-19(26)23-7-4-20(5-8-23)9-17(20)11-22-18(25)24-12-15-3-6-21-10-16(15)13-24/h3,6,10,14,17H,4-5,7-9,11-13H2,1-2H3,(H,22,25)/i12D2,13D2. The molecule has 1 aromatic heterocycles. The molecule has 1 N–H and O–H groups in total. The molecule has 1 aliphatic carbocycles. The van der Waals surface area contributed by atoms with Gasteiger partial charge in [-0.05, 0) is 61.6 Å². The Morgan fingerprint density at radius 3 is 2.78 bits per heavy atom. The Balaban J connectivity index is 1.34. The third kappa shape index (κ3) is 3.73. The normalized spacial score (nSPS) is 28.6. The third-order valence-electron chi connectivity index (χ3n) is 5.70. The van der Waals surface area contributed by atoms with E-state index in [1.165, 1.54) is 18.5 Å². The molecule has 3 aliphatic rings. The van der Waals surface area contributed by atoms with E-state index in [1.54, 1.807) is 4.90 Å². The van der Waals surface area contributed by atoms with Crippen LogP contribution in [0.3, 0.4) is 0 Å². The van der Waals surface area contributed by atoms with Gasteiger partial charge in [-0.2, -0.15) is 0 Å². The van der Waals surface area contributed by atoms with E-state index in [1.807, 2.05) is 13.8 Å². The molecule has 1 saturated carbocycles. The second-order valence-corrected chi connectivity index (χ2v) is 7.85. The van der Waals surface area contributed by atoms with Crippen LogP contribution in [-0.2, 0) is 17.7 Å². The van der Waals surface area contributed by atoms with Gasteiger partial charge in [0.1, 0.15) is 0 Å². The van der Waals surface area contributed by atoms with Crippen molar-refractivity contribution in [1.29, 1.82) is 0 Å². The van der Waals surface area contributed by atoms with Gasteiger partial charge >= 0.3 is 12.1 Å². The van der Waals surface area contributed by atoms with Crippen LogP contribution in [-0.4, -0.2) is 52.6 Å². The molecule has 146 valence electrons. The average molecular weight is 376 g/mol. The van der Waals surface area contributed by atoms with E-state index in [0.717, 1.165) is 19.3 Å². The SMILES string of the molecule is [2H]C1([2H])c2ccncc2C([2H])([2H])N1C(=O)NCC1CC12CCN(C(=O)OC(C)C)CC2. The fourth-order valence-corrected chi connectivity index (χ4v) is 3.98. The van der Waals surface area contributed by atoms with Gasteiger partial charge in [0.2, 0.25) is 0 Å². The van der Waals surface area contributed by atoms with Crippen LogP contribution in [0.4, 0.5) is 9.59 Å². The van der Waals surface area contributed by atoms with E-state index in [2.05, 4.69) is 10.3 Å². The molecule has 3 heterocycles. The van der Waals surface area contributed by atoms with Crippen LogP contribution in [0.25, 0.3) is 0 Å². The zero-order valence-electron chi connectivity index (χ0n) is 19.7. The second kappa shape index (κ2) is 7.02. The van der Waals surface area contributed by atoms with Gasteiger partial charge in [0.05, 0.1) is 11.6 Å². The molecule has 1 atom stereocenters. The Morgan fingerprint density at radius 1 is 1.33 bits per heavy atom. The maximum Gasteiger partial charge on any atom is 0.410 e. The molecule has 27 heavy (non-hydrogen) atoms. The van der Waals surface area contributed by atoms with Crippen LogP contribution in [0.1, 0.15) is 49.7 Å². The Morgan fingerprint density at radius 2 is 2.07 bits per heavy atom. The number of urea groups is 1. The van der Waals surface area contributed by atoms with Gasteiger partial charge in [-0.25, -0.2) is 9.59 Å². The number of nitrogens with zero attached hydrogens (tertiary/aromatic N) is 3. The summed E-state index contributed by atoms with van der Waals surface area (Å²) in [5.74, 6) is 0.239. The predicted octanol–water partition coefficient (Wildman–Crippen LogP) is 2.75. The first-order chi connectivity index (χ1) is 14.5. The monoisotopic (exact) mass is 376 g/mol. The Bertz CT molecular complexity index is 852. The molecule has 1 aromatic rings. The summed E-state index contributed by atoms with van der Waals surface area (Å²) in [6.45, 7) is 0.680. The number of ether oxygens (including phenoxy) is 1. The summed E-state index contributed by atoms with van der Waals surface area (Å²) in [7, 11) is 0. The molecule has 4 rings (SSSR count). The number of amides is 3. The highest BCUT2D eigenvalue weighted by molar-refractivity contribution is 5.75. The van der Waals surface area contributed by atoms with E-state index < -0.39 is 19.0 Å². The van der Waals surface area contributed by atoms with Crippen molar-refractivity contribution in [3.63, 3.8) is 0 Å². The first-order valence-corrected chi connectivity index (χ1v) is 9.48. The van der Waals surface area contributed by atoms with Gasteiger partial charge in [0.25, 0.3) is 0 Å². The number of aromatic nitrogens is 1. The number of carbonyl (C=O) groups excluding carboxylic acids is 2. The molecule has 7 heteroatoms. The number of pyridine rings is 1. The van der Waals surface area contributed by atoms with E-state index in [-0.39, 0.29) is 34.7 Å². The summed E-state index contributed by atoms with van der Waals surface area (Å²) in [6.07, 6.45) is 4.83. The fraction of sp³-hybridized carbons (Fsp3) is 0.650. The molecule has 0 aromatic carbocycles. The van der Waals surface area contributed by atoms with Gasteiger partial charge in [-0.3, -0.25) is 4.98 Å². The summed E-state index contributed by atoms with van der Waals surface area (Å²) in [6, 6.07) is 0.639. The average Bonchev–Trinajstić information content (AvgIpc) is 3.33. The summed E-state index contributed by atoms with van der Waals surface area (Å²) in [5, 5.41) is 2.75. The molecule has 3 amide bonds. The quantitative estimate of drug-likeness (QED) is 0.880. The van der Waals surface area contributed by atoms with Gasteiger partial charge in [0.15, 0.2) is 0 Å². The summed E-state index contributed by atoms with van der Waals surface area (Å²) in [4.78, 5) is 31.1. The van der Waals surface area contributed by atoms with Crippen LogP contribution in [0.15, 0.2) is 18.5 Å². The number of rotatable bonds is 3. The zero-order chi connectivity index (χ0) is 22.6. The smallest absolute Gasteiger partial charge is 0.410 e. The van der Waals surface area contributed by atoms with E-state index in [4.69, 9.17) is 10.2 Å². The van der Waals surface area contributed by atoms with Crippen molar-refractivity contribution in [3.8, 4) is 0 Å². The first kappa shape index (κ1) is 13.8. The van der Waals surface area contributed by atoms with E-state index in [9.17, 15) is 9.59 Å². The lowest BCUT2D eigenvalue weighted by molar-refractivity contribution is 0.0619. The lowest BCUT2D eigenvalue weighted by atomic mass is 9.91. The van der Waals surface area contributed by atoms with Crippen LogP contribution >= 0.6 is 0 Å². The number of hydrogen-bond acceptors (Lipinski definition) is 4. The minimum Gasteiger partial charge on any atom is -0.447 e. The van der Waals surface area contributed by atoms with E-state index >= 15 is 0 Å². The zero-order valence-corrected chi connectivity index (χ0v) is 15.7.